The zero-order chi connectivity index (χ0) is 33.0. The van der Waals surface area contributed by atoms with E-state index in [2.05, 4.69) is 18.0 Å². The van der Waals surface area contributed by atoms with Crippen LogP contribution in [0, 0.1) is 5.92 Å². The summed E-state index contributed by atoms with van der Waals surface area (Å²) < 4.78 is 55.1. The molecule has 5 nitrogen and oxygen atoms in total. The number of benzene rings is 2. The molecule has 2 aromatic carbocycles. The van der Waals surface area contributed by atoms with E-state index in [1.807, 2.05) is 25.1 Å². The van der Waals surface area contributed by atoms with Crippen molar-refractivity contribution in [2.24, 2.45) is 5.92 Å². The molecule has 0 saturated carbocycles. The fourth-order valence-corrected chi connectivity index (χ4v) is 6.98. The maximum absolute atomic E-state index is 14.4. The number of likely N-dealkylation sites (tertiary alicyclic amines) is 2. The second-order valence-corrected chi connectivity index (χ2v) is 12.4. The van der Waals surface area contributed by atoms with Gasteiger partial charge in [0.25, 0.3) is 5.91 Å². The summed E-state index contributed by atoms with van der Waals surface area (Å²) in [5, 5.41) is 3.07. The predicted molar refractivity (Wildman–Crippen MR) is 174 cm³/mol. The molecule has 1 N–H and O–H groups in total. The molecule has 1 unspecified atom stereocenters. The van der Waals surface area contributed by atoms with Crippen LogP contribution in [-0.2, 0) is 22.6 Å². The lowest BCUT2D eigenvalue weighted by atomic mass is 9.83. The van der Waals surface area contributed by atoms with Crippen molar-refractivity contribution in [3.63, 3.8) is 0 Å². The summed E-state index contributed by atoms with van der Waals surface area (Å²) in [6.07, 6.45) is 5.18. The van der Waals surface area contributed by atoms with E-state index in [1.54, 1.807) is 54.3 Å². The quantitative estimate of drug-likeness (QED) is 0.172. The van der Waals surface area contributed by atoms with Gasteiger partial charge in [0, 0.05) is 18.8 Å². The minimum Gasteiger partial charge on any atom is -0.331 e. The van der Waals surface area contributed by atoms with Gasteiger partial charge in [-0.2, -0.15) is 13.2 Å². The monoisotopic (exact) mass is 635 g/mol. The zero-order valence-corrected chi connectivity index (χ0v) is 26.4. The molecule has 2 amide bonds. The number of alkyl halides is 4. The highest BCUT2D eigenvalue weighted by Crippen LogP contribution is 2.39. The van der Waals surface area contributed by atoms with Crippen molar-refractivity contribution in [1.82, 2.24) is 9.80 Å². The topological polar surface area (TPSA) is 52.7 Å². The number of anilines is 1. The second kappa shape index (κ2) is 14.2. The Morgan fingerprint density at radius 2 is 1.80 bits per heavy atom. The van der Waals surface area contributed by atoms with Crippen LogP contribution < -0.4 is 5.32 Å². The maximum Gasteiger partial charge on any atom is 0.404 e. The molecule has 46 heavy (non-hydrogen) atoms. The highest BCUT2D eigenvalue weighted by Gasteiger charge is 2.46. The molecule has 2 fully saturated rings. The standard InChI is InChI=1S/C37H41F4N3O2/c1-4-5-8-24(2)32(22-38)36(46)44-20-6-9-30(35(45)42-29-18-17-27-14-11-25(3)31(27)21-29)34(44)28-15-12-26(13-16-28)23-43-19-7-10-33(43)37(39,40)41/h4-5,8,11-13,15-18,21,30,33-34H,1,6-7,9-10,14,19-20,22-23H2,2-3H3,(H,42,45)/b8-5-,32-24+/t30-,33?,34-/m0/s1. The number of hydrogen-bond acceptors (Lipinski definition) is 3. The highest BCUT2D eigenvalue weighted by atomic mass is 19.4. The molecule has 2 aromatic rings. The van der Waals surface area contributed by atoms with Gasteiger partial charge in [0.15, 0.2) is 0 Å². The molecule has 0 aromatic heterocycles. The van der Waals surface area contributed by atoms with Crippen molar-refractivity contribution >= 4 is 23.1 Å². The Balaban J connectivity index is 1.45. The molecule has 3 aliphatic rings. The molecule has 244 valence electrons. The summed E-state index contributed by atoms with van der Waals surface area (Å²) in [7, 11) is 0. The first-order chi connectivity index (χ1) is 22.0. The molecule has 1 aliphatic carbocycles. The van der Waals surface area contributed by atoms with Crippen LogP contribution in [-0.4, -0.2) is 53.6 Å². The largest absolute Gasteiger partial charge is 0.404 e. The second-order valence-electron chi connectivity index (χ2n) is 12.4. The lowest BCUT2D eigenvalue weighted by Crippen LogP contribution is -2.47. The van der Waals surface area contributed by atoms with Gasteiger partial charge in [-0.15, -0.1) is 0 Å². The first kappa shape index (κ1) is 33.4. The van der Waals surface area contributed by atoms with Gasteiger partial charge in [0.05, 0.1) is 17.5 Å². The van der Waals surface area contributed by atoms with Crippen LogP contribution in [0.1, 0.15) is 67.8 Å². The van der Waals surface area contributed by atoms with Gasteiger partial charge >= 0.3 is 6.18 Å². The van der Waals surface area contributed by atoms with Crippen molar-refractivity contribution in [3.05, 3.63) is 107 Å². The number of hydrogen-bond donors (Lipinski definition) is 1. The molecule has 2 aliphatic heterocycles. The van der Waals surface area contributed by atoms with Gasteiger partial charge in [-0.1, -0.05) is 61.2 Å². The Bertz CT molecular complexity index is 1560. The SMILES string of the molecule is C=C/C=C\C(C)=C(/CF)C(=O)N1CCC[C@H](C(=O)Nc2ccc3c(c2)C(C)=CC3)[C@@H]1c1ccc(CN2CCCC2C(F)(F)F)cc1. The van der Waals surface area contributed by atoms with Gasteiger partial charge in [0.1, 0.15) is 12.7 Å². The number of carbonyl (C=O) groups excluding carboxylic acids is 2. The van der Waals surface area contributed by atoms with E-state index in [0.29, 0.717) is 54.7 Å². The summed E-state index contributed by atoms with van der Waals surface area (Å²) >= 11 is 0. The molecule has 5 rings (SSSR count). The van der Waals surface area contributed by atoms with E-state index < -0.39 is 36.8 Å². The van der Waals surface area contributed by atoms with Crippen molar-refractivity contribution in [2.45, 2.75) is 70.8 Å². The maximum atomic E-state index is 14.4. The molecule has 2 heterocycles. The number of carbonyl (C=O) groups is 2. The number of piperidine rings is 1. The summed E-state index contributed by atoms with van der Waals surface area (Å²) in [6.45, 7) is 7.23. The smallest absolute Gasteiger partial charge is 0.331 e. The number of nitrogens with zero attached hydrogens (tertiary/aromatic N) is 2. The van der Waals surface area contributed by atoms with E-state index >= 15 is 0 Å². The van der Waals surface area contributed by atoms with Crippen LogP contribution in [0.3, 0.4) is 0 Å². The van der Waals surface area contributed by atoms with Gasteiger partial charge in [0.2, 0.25) is 5.91 Å². The lowest BCUT2D eigenvalue weighted by molar-refractivity contribution is -0.177. The number of rotatable bonds is 9. The number of fused-ring (bicyclic) bond motifs is 1. The Hall–Kier alpha value is -3.98. The fourth-order valence-electron chi connectivity index (χ4n) is 6.98. The van der Waals surface area contributed by atoms with Crippen LogP contribution in [0.2, 0.25) is 0 Å². The van der Waals surface area contributed by atoms with Gasteiger partial charge in [-0.3, -0.25) is 14.5 Å². The molecule has 9 heteroatoms. The minimum absolute atomic E-state index is 0.00823. The number of halogens is 4. The lowest BCUT2D eigenvalue weighted by Gasteiger charge is -2.41. The average molecular weight is 636 g/mol. The average Bonchev–Trinajstić information content (AvgIpc) is 3.66. The van der Waals surface area contributed by atoms with E-state index in [1.165, 1.54) is 10.5 Å². The minimum atomic E-state index is -4.28. The number of amides is 2. The van der Waals surface area contributed by atoms with Crippen LogP contribution in [0.4, 0.5) is 23.2 Å². The van der Waals surface area contributed by atoms with Crippen molar-refractivity contribution in [3.8, 4) is 0 Å². The normalized spacial score (nSPS) is 22.4. The molecular weight excluding hydrogens is 594 g/mol. The molecule has 2 saturated heterocycles. The number of nitrogens with one attached hydrogen (secondary N) is 1. The third kappa shape index (κ3) is 7.20. The van der Waals surface area contributed by atoms with Gasteiger partial charge in [-0.25, -0.2) is 4.39 Å². The van der Waals surface area contributed by atoms with Crippen LogP contribution in [0.15, 0.2) is 84.5 Å². The zero-order valence-electron chi connectivity index (χ0n) is 26.4. The number of allylic oxidation sites excluding steroid dienone is 6. The predicted octanol–water partition coefficient (Wildman–Crippen LogP) is 8.12. The third-order valence-electron chi connectivity index (χ3n) is 9.46. The van der Waals surface area contributed by atoms with E-state index in [9.17, 15) is 27.2 Å². The van der Waals surface area contributed by atoms with Crippen LogP contribution in [0.5, 0.6) is 0 Å². The molecule has 0 bridgehead atoms. The highest BCUT2D eigenvalue weighted by molar-refractivity contribution is 5.97. The van der Waals surface area contributed by atoms with E-state index in [-0.39, 0.29) is 24.4 Å². The van der Waals surface area contributed by atoms with E-state index in [0.717, 1.165) is 17.6 Å². The van der Waals surface area contributed by atoms with Crippen molar-refractivity contribution in [1.29, 1.82) is 0 Å². The fraction of sp³-hybridized carbons (Fsp3) is 0.405. The third-order valence-corrected chi connectivity index (χ3v) is 9.46. The van der Waals surface area contributed by atoms with Crippen molar-refractivity contribution in [2.75, 3.05) is 25.1 Å². The Morgan fingerprint density at radius 3 is 2.50 bits per heavy atom. The molecular formula is C37H41F4N3O2. The molecule has 0 radical (unpaired) electrons. The Labute approximate surface area is 268 Å². The first-order valence-corrected chi connectivity index (χ1v) is 15.9. The summed E-state index contributed by atoms with van der Waals surface area (Å²) in [5.41, 5.74) is 5.98. The Kier molecular flexibility index (Phi) is 10.3. The Morgan fingerprint density at radius 1 is 1.07 bits per heavy atom. The van der Waals surface area contributed by atoms with Crippen LogP contribution >= 0.6 is 0 Å². The summed E-state index contributed by atoms with van der Waals surface area (Å²) in [6, 6.07) is 10.8. The summed E-state index contributed by atoms with van der Waals surface area (Å²) in [4.78, 5) is 30.9. The first-order valence-electron chi connectivity index (χ1n) is 15.9. The molecule has 0 spiro atoms. The van der Waals surface area contributed by atoms with Crippen LogP contribution in [0.25, 0.3) is 5.57 Å². The van der Waals surface area contributed by atoms with Gasteiger partial charge in [-0.05, 0) is 98.0 Å². The summed E-state index contributed by atoms with van der Waals surface area (Å²) in [5.74, 6) is -1.36. The van der Waals surface area contributed by atoms with E-state index in [4.69, 9.17) is 0 Å². The van der Waals surface area contributed by atoms with Crippen molar-refractivity contribution < 1.29 is 27.2 Å². The molecule has 3 atom stereocenters. The van der Waals surface area contributed by atoms with Gasteiger partial charge < -0.3 is 10.2 Å².